The first kappa shape index (κ1) is 16.7. The molecule has 0 radical (unpaired) electrons. The van der Waals surface area contributed by atoms with Gasteiger partial charge in [0.15, 0.2) is 11.6 Å². The average Bonchev–Trinajstić information content (AvgIpc) is 2.59. The number of rotatable bonds is 5. The lowest BCUT2D eigenvalue weighted by Gasteiger charge is -2.23. The number of ketones is 2. The van der Waals surface area contributed by atoms with Gasteiger partial charge in [-0.25, -0.2) is 0 Å². The minimum atomic E-state index is -0.223. The summed E-state index contributed by atoms with van der Waals surface area (Å²) in [6, 6.07) is 8.58. The van der Waals surface area contributed by atoms with E-state index in [0.717, 1.165) is 6.42 Å². The van der Waals surface area contributed by atoms with Crippen LogP contribution in [-0.4, -0.2) is 31.8 Å². The van der Waals surface area contributed by atoms with Crippen molar-refractivity contribution in [3.8, 4) is 0 Å². The van der Waals surface area contributed by atoms with E-state index < -0.39 is 0 Å². The van der Waals surface area contributed by atoms with E-state index in [-0.39, 0.29) is 17.1 Å². The number of ether oxygens (including phenoxy) is 1. The summed E-state index contributed by atoms with van der Waals surface area (Å²) in [4.78, 5) is 25.8. The third kappa shape index (κ3) is 2.72. The predicted octanol–water partition coefficient (Wildman–Crippen LogP) is 3.26. The summed E-state index contributed by atoms with van der Waals surface area (Å²) in [5, 5.41) is 3.22. The lowest BCUT2D eigenvalue weighted by Crippen LogP contribution is -2.24. The maximum absolute atomic E-state index is 12.9. The smallest absolute Gasteiger partial charge is 0.196 e. The van der Waals surface area contributed by atoms with Crippen LogP contribution >= 0.6 is 15.9 Å². The SMILES string of the molecule is COCCCNc1cc(Br)c(N)c2c1C(=O)c1ccccc1C2=O. The molecule has 0 heterocycles. The number of nitrogen functional groups attached to an aromatic ring is 1. The zero-order valence-corrected chi connectivity index (χ0v) is 14.8. The number of methoxy groups -OCH3 is 1. The van der Waals surface area contributed by atoms with Gasteiger partial charge in [0.05, 0.1) is 16.8 Å². The molecule has 0 atom stereocenters. The van der Waals surface area contributed by atoms with Crippen LogP contribution in [0.3, 0.4) is 0 Å². The number of fused-ring (bicyclic) bond motifs is 2. The highest BCUT2D eigenvalue weighted by atomic mass is 79.9. The van der Waals surface area contributed by atoms with Crippen molar-refractivity contribution in [2.75, 3.05) is 31.3 Å². The molecule has 1 aliphatic carbocycles. The molecule has 3 N–H and O–H groups in total. The van der Waals surface area contributed by atoms with Crippen molar-refractivity contribution < 1.29 is 14.3 Å². The fourth-order valence-corrected chi connectivity index (χ4v) is 3.29. The number of carbonyl (C=O) groups is 2. The van der Waals surface area contributed by atoms with Gasteiger partial charge in [-0.05, 0) is 28.4 Å². The first-order valence-corrected chi connectivity index (χ1v) is 8.38. The van der Waals surface area contributed by atoms with E-state index in [1.807, 2.05) is 0 Å². The largest absolute Gasteiger partial charge is 0.397 e. The minimum absolute atomic E-state index is 0.186. The first-order chi connectivity index (χ1) is 11.6. The fraction of sp³-hybridized carbons (Fsp3) is 0.222. The van der Waals surface area contributed by atoms with E-state index >= 15 is 0 Å². The molecule has 2 aromatic carbocycles. The molecule has 6 heteroatoms. The topological polar surface area (TPSA) is 81.4 Å². The van der Waals surface area contributed by atoms with Gasteiger partial charge in [0.1, 0.15) is 0 Å². The molecule has 3 rings (SSSR count). The zero-order chi connectivity index (χ0) is 17.3. The number of nitrogens with two attached hydrogens (primary N) is 1. The molecule has 0 saturated carbocycles. The van der Waals surface area contributed by atoms with Crippen LogP contribution in [-0.2, 0) is 4.74 Å². The third-order valence-electron chi connectivity index (χ3n) is 4.03. The maximum atomic E-state index is 12.9. The highest BCUT2D eigenvalue weighted by Gasteiger charge is 2.34. The molecular formula is C18H17BrN2O3. The molecule has 0 unspecified atom stereocenters. The van der Waals surface area contributed by atoms with E-state index in [4.69, 9.17) is 10.5 Å². The Bertz CT molecular complexity index is 833. The van der Waals surface area contributed by atoms with E-state index in [0.29, 0.717) is 45.7 Å². The summed E-state index contributed by atoms with van der Waals surface area (Å²) >= 11 is 3.38. The third-order valence-corrected chi connectivity index (χ3v) is 4.68. The quantitative estimate of drug-likeness (QED) is 0.517. The van der Waals surface area contributed by atoms with Crippen molar-refractivity contribution in [2.24, 2.45) is 0 Å². The number of hydrogen-bond donors (Lipinski definition) is 2. The van der Waals surface area contributed by atoms with Gasteiger partial charge in [-0.2, -0.15) is 0 Å². The van der Waals surface area contributed by atoms with Gasteiger partial charge in [0.2, 0.25) is 0 Å². The second-order valence-corrected chi connectivity index (χ2v) is 6.40. The molecule has 0 spiro atoms. The lowest BCUT2D eigenvalue weighted by molar-refractivity contribution is 0.0980. The molecule has 1 aliphatic rings. The van der Waals surface area contributed by atoms with Crippen LogP contribution in [0.4, 0.5) is 11.4 Å². The summed E-state index contributed by atoms with van der Waals surface area (Å²) in [6.07, 6.45) is 0.784. The molecule has 0 bridgehead atoms. The van der Waals surface area contributed by atoms with Gasteiger partial charge >= 0.3 is 0 Å². The van der Waals surface area contributed by atoms with Crippen LogP contribution in [0, 0.1) is 0 Å². The molecule has 0 saturated heterocycles. The second kappa shape index (κ2) is 6.75. The molecule has 0 aliphatic heterocycles. The standard InChI is InChI=1S/C18H17BrN2O3/c1-24-8-4-7-21-13-9-12(19)16(20)15-14(13)17(22)10-5-2-3-6-11(10)18(15)23/h2-3,5-6,9,21H,4,7-8,20H2,1H3. The van der Waals surface area contributed by atoms with Crippen molar-refractivity contribution in [1.82, 2.24) is 0 Å². The normalized spacial score (nSPS) is 12.8. The Kier molecular flexibility index (Phi) is 4.69. The zero-order valence-electron chi connectivity index (χ0n) is 13.2. The molecular weight excluding hydrogens is 372 g/mol. The van der Waals surface area contributed by atoms with Gasteiger partial charge in [0.25, 0.3) is 0 Å². The van der Waals surface area contributed by atoms with Gasteiger partial charge in [-0.15, -0.1) is 0 Å². The van der Waals surface area contributed by atoms with Gasteiger partial charge in [-0.3, -0.25) is 9.59 Å². The highest BCUT2D eigenvalue weighted by Crippen LogP contribution is 2.39. The number of hydrogen-bond acceptors (Lipinski definition) is 5. The van der Waals surface area contributed by atoms with Gasteiger partial charge in [0, 0.05) is 41.5 Å². The maximum Gasteiger partial charge on any atom is 0.196 e. The Hall–Kier alpha value is -2.18. The molecule has 2 aromatic rings. The van der Waals surface area contributed by atoms with Crippen LogP contribution in [0.5, 0.6) is 0 Å². The van der Waals surface area contributed by atoms with Crippen LogP contribution < -0.4 is 11.1 Å². The summed E-state index contributed by atoms with van der Waals surface area (Å²) in [5.41, 5.74) is 8.41. The molecule has 24 heavy (non-hydrogen) atoms. The molecule has 124 valence electrons. The summed E-state index contributed by atoms with van der Waals surface area (Å²) in [7, 11) is 1.64. The number of carbonyl (C=O) groups excluding carboxylic acids is 2. The van der Waals surface area contributed by atoms with E-state index in [1.165, 1.54) is 0 Å². The summed E-state index contributed by atoms with van der Waals surface area (Å²) < 4.78 is 5.62. The van der Waals surface area contributed by atoms with E-state index in [1.54, 1.807) is 37.4 Å². The Morgan fingerprint density at radius 3 is 2.38 bits per heavy atom. The van der Waals surface area contributed by atoms with Crippen molar-refractivity contribution >= 4 is 38.9 Å². The van der Waals surface area contributed by atoms with Crippen LogP contribution in [0.1, 0.15) is 38.3 Å². The number of benzene rings is 2. The van der Waals surface area contributed by atoms with Crippen molar-refractivity contribution in [3.05, 3.63) is 57.1 Å². The number of halogens is 1. The van der Waals surface area contributed by atoms with Crippen molar-refractivity contribution in [3.63, 3.8) is 0 Å². The monoisotopic (exact) mass is 388 g/mol. The fourth-order valence-electron chi connectivity index (χ4n) is 2.86. The van der Waals surface area contributed by atoms with Crippen LogP contribution in [0.2, 0.25) is 0 Å². The number of nitrogens with one attached hydrogen (secondary N) is 1. The minimum Gasteiger partial charge on any atom is -0.397 e. The van der Waals surface area contributed by atoms with E-state index in [2.05, 4.69) is 21.2 Å². The van der Waals surface area contributed by atoms with E-state index in [9.17, 15) is 9.59 Å². The predicted molar refractivity (Wildman–Crippen MR) is 96.8 cm³/mol. The summed E-state index contributed by atoms with van der Waals surface area (Å²) in [5.74, 6) is -0.410. The van der Waals surface area contributed by atoms with Crippen molar-refractivity contribution in [1.29, 1.82) is 0 Å². The average molecular weight is 389 g/mol. The molecule has 5 nitrogen and oxygen atoms in total. The van der Waals surface area contributed by atoms with Crippen LogP contribution in [0.15, 0.2) is 34.8 Å². The van der Waals surface area contributed by atoms with Gasteiger partial charge < -0.3 is 15.8 Å². The molecule has 0 amide bonds. The van der Waals surface area contributed by atoms with Gasteiger partial charge in [-0.1, -0.05) is 24.3 Å². The molecule has 0 fully saturated rings. The lowest BCUT2D eigenvalue weighted by atomic mass is 9.82. The Labute approximate surface area is 148 Å². The second-order valence-electron chi connectivity index (χ2n) is 5.55. The number of anilines is 2. The van der Waals surface area contributed by atoms with Crippen LogP contribution in [0.25, 0.3) is 0 Å². The Morgan fingerprint density at radius 2 is 1.75 bits per heavy atom. The molecule has 0 aromatic heterocycles. The highest BCUT2D eigenvalue weighted by molar-refractivity contribution is 9.10. The first-order valence-electron chi connectivity index (χ1n) is 7.59. The summed E-state index contributed by atoms with van der Waals surface area (Å²) in [6.45, 7) is 1.24. The Balaban J connectivity index is 2.10. The Morgan fingerprint density at radius 1 is 1.12 bits per heavy atom. The van der Waals surface area contributed by atoms with Crippen molar-refractivity contribution in [2.45, 2.75) is 6.42 Å².